The molecule has 130 valence electrons. The Labute approximate surface area is 137 Å². The van der Waals surface area contributed by atoms with E-state index in [-0.39, 0.29) is 12.2 Å². The van der Waals surface area contributed by atoms with E-state index in [9.17, 15) is 12.8 Å². The van der Waals surface area contributed by atoms with Crippen molar-refractivity contribution in [3.8, 4) is 0 Å². The Balaban J connectivity index is 2.10. The minimum atomic E-state index is -3.45. The van der Waals surface area contributed by atoms with Crippen LogP contribution in [0.5, 0.6) is 0 Å². The number of aliphatic hydroxyl groups is 1. The van der Waals surface area contributed by atoms with Crippen LogP contribution in [0.15, 0.2) is 18.2 Å². The Kier molecular flexibility index (Phi) is 5.96. The summed E-state index contributed by atoms with van der Waals surface area (Å²) >= 11 is 0. The van der Waals surface area contributed by atoms with Gasteiger partial charge in [0.2, 0.25) is 0 Å². The lowest BCUT2D eigenvalue weighted by Gasteiger charge is -2.37. The van der Waals surface area contributed by atoms with E-state index < -0.39 is 16.0 Å². The van der Waals surface area contributed by atoms with Crippen molar-refractivity contribution < 1.29 is 17.9 Å². The second-order valence-electron chi connectivity index (χ2n) is 5.39. The predicted octanol–water partition coefficient (Wildman–Crippen LogP) is 1.03. The van der Waals surface area contributed by atoms with Gasteiger partial charge in [0.1, 0.15) is 0 Å². The molecular formula is C15H24FN3O3S. The molecule has 0 bridgehead atoms. The predicted molar refractivity (Wildman–Crippen MR) is 87.9 cm³/mol. The Morgan fingerprint density at radius 1 is 1.17 bits per heavy atom. The van der Waals surface area contributed by atoms with E-state index in [2.05, 4.69) is 0 Å². The number of piperazine rings is 1. The Morgan fingerprint density at radius 2 is 1.78 bits per heavy atom. The van der Waals surface area contributed by atoms with Crippen LogP contribution in [-0.4, -0.2) is 61.4 Å². The number of nitrogens with zero attached hydrogens (tertiary/aromatic N) is 3. The SMILES string of the molecule is CCN(CC)S(=O)(=O)N1CCN(c2cccc(CO)c2F)CC1. The lowest BCUT2D eigenvalue weighted by atomic mass is 10.1. The van der Waals surface area contributed by atoms with Crippen LogP contribution in [0.4, 0.5) is 10.1 Å². The van der Waals surface area contributed by atoms with E-state index in [0.29, 0.717) is 45.0 Å². The third kappa shape index (κ3) is 3.65. The Hall–Kier alpha value is -1.22. The van der Waals surface area contributed by atoms with E-state index >= 15 is 0 Å². The maximum Gasteiger partial charge on any atom is 0.282 e. The smallest absolute Gasteiger partial charge is 0.282 e. The van der Waals surface area contributed by atoms with Gasteiger partial charge in [0.15, 0.2) is 5.82 Å². The molecule has 1 aliphatic rings. The molecule has 0 spiro atoms. The number of benzene rings is 1. The summed E-state index contributed by atoms with van der Waals surface area (Å²) in [5, 5.41) is 9.15. The molecule has 0 unspecified atom stereocenters. The summed E-state index contributed by atoms with van der Waals surface area (Å²) in [7, 11) is -3.45. The molecule has 8 heteroatoms. The van der Waals surface area contributed by atoms with Gasteiger partial charge in [-0.05, 0) is 6.07 Å². The highest BCUT2D eigenvalue weighted by Crippen LogP contribution is 2.24. The van der Waals surface area contributed by atoms with Crippen molar-refractivity contribution in [1.82, 2.24) is 8.61 Å². The van der Waals surface area contributed by atoms with Gasteiger partial charge in [0.25, 0.3) is 10.2 Å². The molecule has 0 aromatic heterocycles. The molecule has 1 aliphatic heterocycles. The average molecular weight is 345 g/mol. The highest BCUT2D eigenvalue weighted by atomic mass is 32.2. The molecule has 23 heavy (non-hydrogen) atoms. The van der Waals surface area contributed by atoms with E-state index in [0.717, 1.165) is 0 Å². The number of hydrogen-bond acceptors (Lipinski definition) is 4. The fourth-order valence-electron chi connectivity index (χ4n) is 2.81. The molecule has 0 amide bonds. The number of aliphatic hydroxyl groups excluding tert-OH is 1. The minimum absolute atomic E-state index is 0.251. The summed E-state index contributed by atoms with van der Waals surface area (Å²) in [6, 6.07) is 4.89. The molecule has 1 N–H and O–H groups in total. The zero-order valence-electron chi connectivity index (χ0n) is 13.6. The zero-order chi connectivity index (χ0) is 17.0. The van der Waals surface area contributed by atoms with Crippen molar-refractivity contribution in [2.75, 3.05) is 44.2 Å². The van der Waals surface area contributed by atoms with Crippen molar-refractivity contribution in [2.24, 2.45) is 0 Å². The highest BCUT2D eigenvalue weighted by Gasteiger charge is 2.31. The summed E-state index contributed by atoms with van der Waals surface area (Å²) in [6.45, 7) is 5.64. The fraction of sp³-hybridized carbons (Fsp3) is 0.600. The third-order valence-electron chi connectivity index (χ3n) is 4.17. The van der Waals surface area contributed by atoms with Crippen LogP contribution in [0.3, 0.4) is 0 Å². The molecule has 1 heterocycles. The molecule has 1 aromatic carbocycles. The van der Waals surface area contributed by atoms with Crippen molar-refractivity contribution in [2.45, 2.75) is 20.5 Å². The van der Waals surface area contributed by atoms with Gasteiger partial charge < -0.3 is 10.0 Å². The molecule has 0 atom stereocenters. The second kappa shape index (κ2) is 7.57. The number of anilines is 1. The van der Waals surface area contributed by atoms with Crippen LogP contribution >= 0.6 is 0 Å². The molecule has 6 nitrogen and oxygen atoms in total. The molecule has 0 radical (unpaired) electrons. The van der Waals surface area contributed by atoms with Gasteiger partial charge in [-0.25, -0.2) is 4.39 Å². The summed E-state index contributed by atoms with van der Waals surface area (Å²) in [5.74, 6) is -0.435. The summed E-state index contributed by atoms with van der Waals surface area (Å²) < 4.78 is 42.1. The fourth-order valence-corrected chi connectivity index (χ4v) is 4.41. The topological polar surface area (TPSA) is 64.1 Å². The quantitative estimate of drug-likeness (QED) is 0.836. The van der Waals surface area contributed by atoms with Gasteiger partial charge in [-0.2, -0.15) is 17.0 Å². The molecular weight excluding hydrogens is 321 g/mol. The van der Waals surface area contributed by atoms with Crippen LogP contribution in [-0.2, 0) is 16.8 Å². The average Bonchev–Trinajstić information content (AvgIpc) is 2.56. The standard InChI is InChI=1S/C15H24FN3O3S/c1-3-18(4-2)23(21,22)19-10-8-17(9-11-19)14-7-5-6-13(12-20)15(14)16/h5-7,20H,3-4,8-12H2,1-2H3. The van der Waals surface area contributed by atoms with Crippen molar-refractivity contribution in [3.63, 3.8) is 0 Å². The van der Waals surface area contributed by atoms with E-state index in [1.165, 1.54) is 8.61 Å². The van der Waals surface area contributed by atoms with Crippen LogP contribution in [0.2, 0.25) is 0 Å². The van der Waals surface area contributed by atoms with Crippen LogP contribution in [0.1, 0.15) is 19.4 Å². The normalized spacial score (nSPS) is 17.0. The van der Waals surface area contributed by atoms with Crippen LogP contribution in [0.25, 0.3) is 0 Å². The second-order valence-corrected chi connectivity index (χ2v) is 7.31. The van der Waals surface area contributed by atoms with Gasteiger partial charge in [0.05, 0.1) is 12.3 Å². The zero-order valence-corrected chi connectivity index (χ0v) is 14.4. The number of halogens is 1. The van der Waals surface area contributed by atoms with Gasteiger partial charge in [-0.15, -0.1) is 0 Å². The first-order valence-electron chi connectivity index (χ1n) is 7.84. The van der Waals surface area contributed by atoms with Crippen molar-refractivity contribution >= 4 is 15.9 Å². The third-order valence-corrected chi connectivity index (χ3v) is 6.35. The first kappa shape index (κ1) is 18.1. The van der Waals surface area contributed by atoms with Crippen molar-refractivity contribution in [3.05, 3.63) is 29.6 Å². The van der Waals surface area contributed by atoms with Gasteiger partial charge >= 0.3 is 0 Å². The van der Waals surface area contributed by atoms with E-state index in [1.807, 2.05) is 18.7 Å². The monoisotopic (exact) mass is 345 g/mol. The lowest BCUT2D eigenvalue weighted by molar-refractivity contribution is 0.275. The molecule has 0 saturated carbocycles. The van der Waals surface area contributed by atoms with Gasteiger partial charge in [0, 0.05) is 44.8 Å². The number of rotatable bonds is 6. The summed E-state index contributed by atoms with van der Waals surface area (Å²) in [4.78, 5) is 1.82. The van der Waals surface area contributed by atoms with Crippen molar-refractivity contribution in [1.29, 1.82) is 0 Å². The van der Waals surface area contributed by atoms with Crippen LogP contribution in [0, 0.1) is 5.82 Å². The maximum atomic E-state index is 14.3. The van der Waals surface area contributed by atoms with E-state index in [4.69, 9.17) is 5.11 Å². The molecule has 1 fully saturated rings. The Bertz CT molecular complexity index is 627. The molecule has 0 aliphatic carbocycles. The summed E-state index contributed by atoms with van der Waals surface area (Å²) in [6.07, 6.45) is 0. The first-order chi connectivity index (χ1) is 11.0. The summed E-state index contributed by atoms with van der Waals surface area (Å²) in [5.41, 5.74) is 0.664. The minimum Gasteiger partial charge on any atom is -0.392 e. The Morgan fingerprint density at radius 3 is 2.30 bits per heavy atom. The molecule has 1 aromatic rings. The van der Waals surface area contributed by atoms with E-state index in [1.54, 1.807) is 18.2 Å². The lowest BCUT2D eigenvalue weighted by Crippen LogP contribution is -2.53. The molecule has 2 rings (SSSR count). The van der Waals surface area contributed by atoms with Gasteiger partial charge in [-0.1, -0.05) is 26.0 Å². The highest BCUT2D eigenvalue weighted by molar-refractivity contribution is 7.86. The van der Waals surface area contributed by atoms with Crippen LogP contribution < -0.4 is 4.90 Å². The maximum absolute atomic E-state index is 14.3. The van der Waals surface area contributed by atoms with Gasteiger partial charge in [-0.3, -0.25) is 0 Å². The molecule has 1 saturated heterocycles. The first-order valence-corrected chi connectivity index (χ1v) is 9.23. The number of hydrogen-bond donors (Lipinski definition) is 1. The largest absolute Gasteiger partial charge is 0.392 e.